The number of rotatable bonds is 5. The Morgan fingerprint density at radius 2 is 1.61 bits per heavy atom. The Morgan fingerprint density at radius 3 is 2.32 bits per heavy atom. The van der Waals surface area contributed by atoms with Gasteiger partial charge in [0, 0.05) is 25.3 Å². The van der Waals surface area contributed by atoms with E-state index in [0.29, 0.717) is 19.6 Å². The largest absolute Gasteiger partial charge is 0.449 e. The van der Waals surface area contributed by atoms with Crippen LogP contribution >= 0.6 is 0 Å². The van der Waals surface area contributed by atoms with Crippen molar-refractivity contribution in [3.8, 4) is 0 Å². The van der Waals surface area contributed by atoms with E-state index in [1.54, 1.807) is 11.8 Å². The van der Waals surface area contributed by atoms with E-state index in [0.717, 1.165) is 36.9 Å². The lowest BCUT2D eigenvalue weighted by Crippen LogP contribution is -2.39. The normalized spacial score (nSPS) is 17.8. The summed E-state index contributed by atoms with van der Waals surface area (Å²) in [6, 6.07) is 13.4. The average molecular weight is 443 g/mol. The summed E-state index contributed by atoms with van der Waals surface area (Å²) in [6.07, 6.45) is 2.58. The molecule has 1 amide bonds. The van der Waals surface area contributed by atoms with Gasteiger partial charge in [0.1, 0.15) is 0 Å². The van der Waals surface area contributed by atoms with E-state index in [4.69, 9.17) is 4.74 Å². The highest BCUT2D eigenvalue weighted by molar-refractivity contribution is 7.89. The molecule has 0 unspecified atom stereocenters. The van der Waals surface area contributed by atoms with Gasteiger partial charge in [-0.1, -0.05) is 24.6 Å². The fraction of sp³-hybridized carbons (Fsp3) is 0.391. The first-order valence-corrected chi connectivity index (χ1v) is 12.0. The van der Waals surface area contributed by atoms with Crippen molar-refractivity contribution in [2.75, 3.05) is 24.5 Å². The first kappa shape index (κ1) is 21.5. The van der Waals surface area contributed by atoms with Crippen molar-refractivity contribution >= 4 is 27.6 Å². The molecule has 0 aliphatic carbocycles. The first-order chi connectivity index (χ1) is 14.9. The number of benzene rings is 2. The molecule has 0 aromatic heterocycles. The van der Waals surface area contributed by atoms with Gasteiger partial charge in [-0.25, -0.2) is 13.2 Å². The van der Waals surface area contributed by atoms with Gasteiger partial charge < -0.3 is 9.64 Å². The van der Waals surface area contributed by atoms with E-state index >= 15 is 0 Å². The van der Waals surface area contributed by atoms with Crippen molar-refractivity contribution in [2.24, 2.45) is 0 Å². The maximum absolute atomic E-state index is 12.8. The number of anilines is 1. The maximum Gasteiger partial charge on any atom is 0.338 e. The molecule has 0 bridgehead atoms. The number of fused-ring (bicyclic) bond motifs is 1. The third kappa shape index (κ3) is 4.36. The van der Waals surface area contributed by atoms with Crippen LogP contribution in [0.3, 0.4) is 0 Å². The van der Waals surface area contributed by atoms with Gasteiger partial charge in [0.05, 0.1) is 10.5 Å². The summed E-state index contributed by atoms with van der Waals surface area (Å²) in [4.78, 5) is 27.1. The van der Waals surface area contributed by atoms with Crippen molar-refractivity contribution in [3.05, 3.63) is 59.7 Å². The molecule has 31 heavy (non-hydrogen) atoms. The molecule has 7 nitrogen and oxygen atoms in total. The van der Waals surface area contributed by atoms with Crippen LogP contribution < -0.4 is 4.90 Å². The summed E-state index contributed by atoms with van der Waals surface area (Å²) in [5, 5.41) is 0. The lowest BCUT2D eigenvalue weighted by molar-refractivity contribution is -0.126. The van der Waals surface area contributed by atoms with Crippen LogP contribution in [0.5, 0.6) is 0 Å². The van der Waals surface area contributed by atoms with E-state index < -0.39 is 22.1 Å². The quantitative estimate of drug-likeness (QED) is 0.665. The second-order valence-corrected chi connectivity index (χ2v) is 9.84. The molecule has 1 fully saturated rings. The van der Waals surface area contributed by atoms with E-state index in [9.17, 15) is 18.0 Å². The van der Waals surface area contributed by atoms with Crippen molar-refractivity contribution in [1.29, 1.82) is 0 Å². The minimum atomic E-state index is -3.56. The van der Waals surface area contributed by atoms with Gasteiger partial charge >= 0.3 is 5.97 Å². The number of sulfonamides is 1. The number of esters is 1. The van der Waals surface area contributed by atoms with E-state index in [2.05, 4.69) is 0 Å². The van der Waals surface area contributed by atoms with Gasteiger partial charge in [-0.2, -0.15) is 4.31 Å². The van der Waals surface area contributed by atoms with E-state index in [1.807, 2.05) is 24.3 Å². The zero-order valence-corrected chi connectivity index (χ0v) is 18.3. The minimum absolute atomic E-state index is 0.156. The Labute approximate surface area is 182 Å². The highest BCUT2D eigenvalue weighted by Gasteiger charge is 2.30. The number of hydrogen-bond donors (Lipinski definition) is 0. The van der Waals surface area contributed by atoms with E-state index in [-0.39, 0.29) is 16.4 Å². The molecule has 2 aliphatic heterocycles. The van der Waals surface area contributed by atoms with Gasteiger partial charge in [0.2, 0.25) is 10.0 Å². The standard InChI is InChI=1S/C23H26N2O5S/c1-17(22(26)25-16-13-18-7-3-4-8-21(18)25)30-23(27)19-9-11-20(12-10-19)31(28,29)24-14-5-2-6-15-24/h3-4,7-12,17H,2,5-6,13-16H2,1H3/t17-/m0/s1. The second-order valence-electron chi connectivity index (χ2n) is 7.91. The fourth-order valence-electron chi connectivity index (χ4n) is 4.08. The number of ether oxygens (including phenoxy) is 1. The lowest BCUT2D eigenvalue weighted by atomic mass is 10.2. The van der Waals surface area contributed by atoms with Crippen LogP contribution in [-0.4, -0.2) is 50.3 Å². The maximum atomic E-state index is 12.8. The van der Waals surface area contributed by atoms with Gasteiger partial charge in [-0.3, -0.25) is 4.79 Å². The molecule has 0 N–H and O–H groups in total. The number of piperidine rings is 1. The molecule has 2 aliphatic rings. The van der Waals surface area contributed by atoms with Crippen molar-refractivity contribution in [1.82, 2.24) is 4.31 Å². The Bertz CT molecular complexity index is 1080. The van der Waals surface area contributed by atoms with E-state index in [1.165, 1.54) is 28.6 Å². The van der Waals surface area contributed by atoms with Gasteiger partial charge in [-0.15, -0.1) is 0 Å². The molecule has 0 radical (unpaired) electrons. The summed E-state index contributed by atoms with van der Waals surface area (Å²) in [7, 11) is -3.56. The first-order valence-electron chi connectivity index (χ1n) is 10.6. The SMILES string of the molecule is C[C@H](OC(=O)c1ccc(S(=O)(=O)N2CCCCC2)cc1)C(=O)N1CCc2ccccc21. The number of hydrogen-bond acceptors (Lipinski definition) is 5. The predicted octanol–water partition coefficient (Wildman–Crippen LogP) is 3.00. The van der Waals surface area contributed by atoms with Crippen molar-refractivity contribution in [3.63, 3.8) is 0 Å². The summed E-state index contributed by atoms with van der Waals surface area (Å²) in [6.45, 7) is 3.15. The zero-order chi connectivity index (χ0) is 22.0. The monoisotopic (exact) mass is 442 g/mol. The fourth-order valence-corrected chi connectivity index (χ4v) is 5.60. The molecule has 2 heterocycles. The lowest BCUT2D eigenvalue weighted by Gasteiger charge is -2.25. The van der Waals surface area contributed by atoms with Crippen LogP contribution in [-0.2, 0) is 26.0 Å². The molecule has 2 aromatic carbocycles. The van der Waals surface area contributed by atoms with Crippen LogP contribution in [0.2, 0.25) is 0 Å². The number of carbonyl (C=O) groups excluding carboxylic acids is 2. The molecule has 164 valence electrons. The summed E-state index contributed by atoms with van der Waals surface area (Å²) in [5.74, 6) is -0.933. The zero-order valence-electron chi connectivity index (χ0n) is 17.5. The Hall–Kier alpha value is -2.71. The van der Waals surface area contributed by atoms with Crippen LogP contribution in [0.25, 0.3) is 0 Å². The summed E-state index contributed by atoms with van der Waals surface area (Å²) in [5.41, 5.74) is 2.15. The molecule has 1 atom stereocenters. The summed E-state index contributed by atoms with van der Waals surface area (Å²) >= 11 is 0. The van der Waals surface area contributed by atoms with Gasteiger partial charge in [-0.05, 0) is 62.1 Å². The number of para-hydroxylation sites is 1. The Morgan fingerprint density at radius 1 is 0.935 bits per heavy atom. The van der Waals surface area contributed by atoms with Crippen LogP contribution in [0.4, 0.5) is 5.69 Å². The summed E-state index contributed by atoms with van der Waals surface area (Å²) < 4.78 is 32.3. The second kappa shape index (κ2) is 8.80. The minimum Gasteiger partial charge on any atom is -0.449 e. The highest BCUT2D eigenvalue weighted by atomic mass is 32.2. The highest BCUT2D eigenvalue weighted by Crippen LogP contribution is 2.28. The molecule has 0 spiro atoms. The van der Waals surface area contributed by atoms with Gasteiger partial charge in [0.15, 0.2) is 6.10 Å². The van der Waals surface area contributed by atoms with Crippen LogP contribution in [0.15, 0.2) is 53.4 Å². The average Bonchev–Trinajstić information content (AvgIpc) is 3.23. The molecule has 0 saturated carbocycles. The number of carbonyl (C=O) groups is 2. The van der Waals surface area contributed by atoms with Gasteiger partial charge in [0.25, 0.3) is 5.91 Å². The Kier molecular flexibility index (Phi) is 6.11. The van der Waals surface area contributed by atoms with Crippen molar-refractivity contribution < 1.29 is 22.7 Å². The molecule has 8 heteroatoms. The molecule has 2 aromatic rings. The van der Waals surface area contributed by atoms with Crippen LogP contribution in [0, 0.1) is 0 Å². The molecular formula is C23H26N2O5S. The Balaban J connectivity index is 1.41. The molecular weight excluding hydrogens is 416 g/mol. The number of amides is 1. The smallest absolute Gasteiger partial charge is 0.338 e. The predicted molar refractivity (Wildman–Crippen MR) is 116 cm³/mol. The molecule has 1 saturated heterocycles. The molecule has 4 rings (SSSR count). The van der Waals surface area contributed by atoms with Crippen LogP contribution in [0.1, 0.15) is 42.1 Å². The topological polar surface area (TPSA) is 84.0 Å². The number of nitrogens with zero attached hydrogens (tertiary/aromatic N) is 2. The third-order valence-corrected chi connectivity index (χ3v) is 7.74. The van der Waals surface area contributed by atoms with Crippen molar-refractivity contribution in [2.45, 2.75) is 43.6 Å². The third-order valence-electron chi connectivity index (χ3n) is 5.83.